The van der Waals surface area contributed by atoms with Gasteiger partial charge >= 0.3 is 0 Å². The van der Waals surface area contributed by atoms with Crippen LogP contribution in [0.5, 0.6) is 5.75 Å². The molecule has 1 atom stereocenters. The van der Waals surface area contributed by atoms with Crippen molar-refractivity contribution in [2.24, 2.45) is 5.92 Å². The van der Waals surface area contributed by atoms with Crippen molar-refractivity contribution in [3.05, 3.63) is 29.8 Å². The van der Waals surface area contributed by atoms with Crippen LogP contribution in [-0.4, -0.2) is 55.4 Å². The van der Waals surface area contributed by atoms with Gasteiger partial charge in [-0.2, -0.15) is 0 Å². The molecule has 1 aromatic carbocycles. The van der Waals surface area contributed by atoms with Crippen LogP contribution in [0.4, 0.5) is 0 Å². The molecule has 1 N–H and O–H groups in total. The van der Waals surface area contributed by atoms with Crippen molar-refractivity contribution in [2.45, 2.75) is 13.0 Å². The first-order valence-electron chi connectivity index (χ1n) is 6.81. The van der Waals surface area contributed by atoms with E-state index in [1.54, 1.807) is 37.1 Å². The summed E-state index contributed by atoms with van der Waals surface area (Å²) in [5.41, 5.74) is 0.615. The number of aliphatic hydroxyl groups is 1. The quantitative estimate of drug-likeness (QED) is 0.794. The predicted molar refractivity (Wildman–Crippen MR) is 74.9 cm³/mol. The number of amides is 1. The number of methoxy groups -OCH3 is 1. The molecule has 1 unspecified atom stereocenters. The van der Waals surface area contributed by atoms with Crippen LogP contribution in [0.15, 0.2) is 24.3 Å². The lowest BCUT2D eigenvalue weighted by Crippen LogP contribution is -2.53. The second kappa shape index (κ2) is 6.72. The summed E-state index contributed by atoms with van der Waals surface area (Å²) < 4.78 is 10.4. The SMILES string of the molecule is COCCOc1cccc(C(=O)N2CC(C(C)O)C2)c1. The average molecular weight is 279 g/mol. The summed E-state index contributed by atoms with van der Waals surface area (Å²) >= 11 is 0. The molecule has 1 heterocycles. The molecular formula is C15H21NO4. The monoisotopic (exact) mass is 279 g/mol. The highest BCUT2D eigenvalue weighted by Gasteiger charge is 2.33. The molecule has 5 heteroatoms. The Morgan fingerprint density at radius 2 is 2.20 bits per heavy atom. The molecule has 20 heavy (non-hydrogen) atoms. The number of carbonyl (C=O) groups excluding carboxylic acids is 1. The molecule has 2 rings (SSSR count). The van der Waals surface area contributed by atoms with Crippen molar-refractivity contribution in [3.63, 3.8) is 0 Å². The van der Waals surface area contributed by atoms with E-state index in [-0.39, 0.29) is 17.9 Å². The van der Waals surface area contributed by atoms with Gasteiger partial charge in [0, 0.05) is 31.7 Å². The second-order valence-corrected chi connectivity index (χ2v) is 5.08. The van der Waals surface area contributed by atoms with Gasteiger partial charge in [-0.1, -0.05) is 6.07 Å². The summed E-state index contributed by atoms with van der Waals surface area (Å²) in [5, 5.41) is 9.44. The van der Waals surface area contributed by atoms with E-state index in [1.807, 2.05) is 6.07 Å². The Bertz CT molecular complexity index is 455. The van der Waals surface area contributed by atoms with Gasteiger partial charge in [0.15, 0.2) is 0 Å². The Labute approximate surface area is 119 Å². The Morgan fingerprint density at radius 1 is 1.45 bits per heavy atom. The maximum Gasteiger partial charge on any atom is 0.254 e. The Hall–Kier alpha value is -1.59. The van der Waals surface area contributed by atoms with Crippen molar-refractivity contribution in [1.82, 2.24) is 4.90 Å². The smallest absolute Gasteiger partial charge is 0.254 e. The van der Waals surface area contributed by atoms with Gasteiger partial charge in [-0.3, -0.25) is 4.79 Å². The van der Waals surface area contributed by atoms with E-state index in [0.29, 0.717) is 37.6 Å². The van der Waals surface area contributed by atoms with Gasteiger partial charge in [-0.15, -0.1) is 0 Å². The van der Waals surface area contributed by atoms with Crippen molar-refractivity contribution in [1.29, 1.82) is 0 Å². The number of aliphatic hydroxyl groups excluding tert-OH is 1. The molecule has 1 aliphatic heterocycles. The minimum Gasteiger partial charge on any atom is -0.491 e. The lowest BCUT2D eigenvalue weighted by Gasteiger charge is -2.40. The van der Waals surface area contributed by atoms with Gasteiger partial charge in [0.2, 0.25) is 0 Å². The van der Waals surface area contributed by atoms with Crippen molar-refractivity contribution >= 4 is 5.91 Å². The summed E-state index contributed by atoms with van der Waals surface area (Å²) in [4.78, 5) is 14.0. The first-order valence-corrected chi connectivity index (χ1v) is 6.81. The number of hydrogen-bond acceptors (Lipinski definition) is 4. The number of benzene rings is 1. The van der Waals surface area contributed by atoms with Gasteiger partial charge in [-0.05, 0) is 25.1 Å². The van der Waals surface area contributed by atoms with Gasteiger partial charge in [0.05, 0.1) is 12.7 Å². The lowest BCUT2D eigenvalue weighted by molar-refractivity contribution is 0.00880. The van der Waals surface area contributed by atoms with Crippen LogP contribution in [-0.2, 0) is 4.74 Å². The van der Waals surface area contributed by atoms with Gasteiger partial charge in [0.1, 0.15) is 12.4 Å². The highest BCUT2D eigenvalue weighted by Crippen LogP contribution is 2.23. The molecule has 1 amide bonds. The molecule has 0 spiro atoms. The zero-order valence-corrected chi connectivity index (χ0v) is 11.9. The van der Waals surface area contributed by atoms with E-state index in [2.05, 4.69) is 0 Å². The summed E-state index contributed by atoms with van der Waals surface area (Å²) in [6, 6.07) is 7.15. The van der Waals surface area contributed by atoms with Crippen LogP contribution < -0.4 is 4.74 Å². The summed E-state index contributed by atoms with van der Waals surface area (Å²) in [7, 11) is 1.62. The number of carbonyl (C=O) groups is 1. The maximum absolute atomic E-state index is 12.2. The molecule has 110 valence electrons. The molecular weight excluding hydrogens is 258 g/mol. The zero-order chi connectivity index (χ0) is 14.5. The van der Waals surface area contributed by atoms with Crippen LogP contribution >= 0.6 is 0 Å². The number of nitrogens with zero attached hydrogens (tertiary/aromatic N) is 1. The Kier molecular flexibility index (Phi) is 4.98. The van der Waals surface area contributed by atoms with E-state index in [9.17, 15) is 9.90 Å². The largest absolute Gasteiger partial charge is 0.491 e. The second-order valence-electron chi connectivity index (χ2n) is 5.08. The van der Waals surface area contributed by atoms with Crippen LogP contribution in [0.2, 0.25) is 0 Å². The molecule has 5 nitrogen and oxygen atoms in total. The number of ether oxygens (including phenoxy) is 2. The molecule has 0 bridgehead atoms. The fraction of sp³-hybridized carbons (Fsp3) is 0.533. The number of hydrogen-bond donors (Lipinski definition) is 1. The normalized spacial score (nSPS) is 16.6. The lowest BCUT2D eigenvalue weighted by atomic mass is 9.94. The average Bonchev–Trinajstić information content (AvgIpc) is 2.37. The first-order chi connectivity index (χ1) is 9.61. The fourth-order valence-electron chi connectivity index (χ4n) is 2.13. The zero-order valence-electron chi connectivity index (χ0n) is 11.9. The van der Waals surface area contributed by atoms with Crippen LogP contribution in [0.1, 0.15) is 17.3 Å². The maximum atomic E-state index is 12.2. The molecule has 0 radical (unpaired) electrons. The van der Waals surface area contributed by atoms with Gasteiger partial charge < -0.3 is 19.5 Å². The van der Waals surface area contributed by atoms with Gasteiger partial charge in [0.25, 0.3) is 5.91 Å². The minimum atomic E-state index is -0.359. The van der Waals surface area contributed by atoms with Gasteiger partial charge in [-0.25, -0.2) is 0 Å². The molecule has 0 saturated carbocycles. The van der Waals surface area contributed by atoms with Crippen LogP contribution in [0.3, 0.4) is 0 Å². The minimum absolute atomic E-state index is 0.0147. The number of likely N-dealkylation sites (tertiary alicyclic amines) is 1. The van der Waals surface area contributed by atoms with Crippen LogP contribution in [0.25, 0.3) is 0 Å². The van der Waals surface area contributed by atoms with Crippen molar-refractivity contribution < 1.29 is 19.4 Å². The molecule has 0 aromatic heterocycles. The fourth-order valence-corrected chi connectivity index (χ4v) is 2.13. The van der Waals surface area contributed by atoms with E-state index in [1.165, 1.54) is 0 Å². The Balaban J connectivity index is 1.92. The van der Waals surface area contributed by atoms with Crippen molar-refractivity contribution in [2.75, 3.05) is 33.4 Å². The van der Waals surface area contributed by atoms with Crippen LogP contribution in [0, 0.1) is 5.92 Å². The van der Waals surface area contributed by atoms with E-state index < -0.39 is 0 Å². The molecule has 0 aliphatic carbocycles. The third-order valence-corrected chi connectivity index (χ3v) is 3.52. The number of rotatable bonds is 6. The van der Waals surface area contributed by atoms with Crippen molar-refractivity contribution in [3.8, 4) is 5.75 Å². The summed E-state index contributed by atoms with van der Waals surface area (Å²) in [6.07, 6.45) is -0.359. The molecule has 1 aliphatic rings. The summed E-state index contributed by atoms with van der Waals surface area (Å²) in [5.74, 6) is 0.847. The standard InChI is InChI=1S/C15H21NO4/c1-11(17)13-9-16(10-13)15(18)12-4-3-5-14(8-12)20-7-6-19-2/h3-5,8,11,13,17H,6-7,9-10H2,1-2H3. The summed E-state index contributed by atoms with van der Waals surface area (Å²) in [6.45, 7) is 3.97. The van der Waals surface area contributed by atoms with E-state index in [0.717, 1.165) is 0 Å². The molecule has 1 saturated heterocycles. The third-order valence-electron chi connectivity index (χ3n) is 3.52. The third kappa shape index (κ3) is 3.49. The predicted octanol–water partition coefficient (Wildman–Crippen LogP) is 1.16. The highest BCUT2D eigenvalue weighted by molar-refractivity contribution is 5.95. The first kappa shape index (κ1) is 14.8. The van der Waals surface area contributed by atoms with E-state index >= 15 is 0 Å². The highest BCUT2D eigenvalue weighted by atomic mass is 16.5. The molecule has 1 fully saturated rings. The molecule has 1 aromatic rings. The van der Waals surface area contributed by atoms with E-state index in [4.69, 9.17) is 9.47 Å². The topological polar surface area (TPSA) is 59.0 Å². The Morgan fingerprint density at radius 3 is 2.85 bits per heavy atom.